The second kappa shape index (κ2) is 6.12. The van der Waals surface area contributed by atoms with E-state index in [4.69, 9.17) is 0 Å². The predicted octanol–water partition coefficient (Wildman–Crippen LogP) is 2.94. The normalized spacial score (nSPS) is 19.8. The summed E-state index contributed by atoms with van der Waals surface area (Å²) in [5.74, 6) is -2.12. The first-order valence-electron chi connectivity index (χ1n) is 7.58. The van der Waals surface area contributed by atoms with Gasteiger partial charge in [0, 0.05) is 30.3 Å². The van der Waals surface area contributed by atoms with Crippen molar-refractivity contribution in [3.05, 3.63) is 24.0 Å². The van der Waals surface area contributed by atoms with Crippen LogP contribution < -0.4 is 15.4 Å². The van der Waals surface area contributed by atoms with Crippen molar-refractivity contribution in [2.75, 3.05) is 31.5 Å². The standard InChI is InChI=1S/C15H17F4N3O2/c16-11-7-10(1-2-12(11)24-15(17,18)19)21-13(23)22-8-14(9-22)3-5-20-6-4-14/h1-2,7,20H,3-6,8-9H2,(H,21,23). The summed E-state index contributed by atoms with van der Waals surface area (Å²) in [5.41, 5.74) is 0.247. The minimum Gasteiger partial charge on any atom is -0.403 e. The number of piperidine rings is 1. The highest BCUT2D eigenvalue weighted by Gasteiger charge is 2.45. The van der Waals surface area contributed by atoms with Crippen LogP contribution in [0.1, 0.15) is 12.8 Å². The third-order valence-electron chi connectivity index (χ3n) is 4.41. The molecule has 2 amide bonds. The number of hydrogen-bond donors (Lipinski definition) is 2. The van der Waals surface area contributed by atoms with Crippen LogP contribution in [0.3, 0.4) is 0 Å². The first-order valence-corrected chi connectivity index (χ1v) is 7.58. The monoisotopic (exact) mass is 347 g/mol. The smallest absolute Gasteiger partial charge is 0.403 e. The van der Waals surface area contributed by atoms with E-state index in [1.54, 1.807) is 4.90 Å². The third-order valence-corrected chi connectivity index (χ3v) is 4.41. The molecule has 132 valence electrons. The number of alkyl halides is 3. The predicted molar refractivity (Wildman–Crippen MR) is 78.2 cm³/mol. The van der Waals surface area contributed by atoms with Gasteiger partial charge in [0.15, 0.2) is 11.6 Å². The summed E-state index contributed by atoms with van der Waals surface area (Å²) in [6.45, 7) is 3.14. The molecule has 5 nitrogen and oxygen atoms in total. The molecule has 2 heterocycles. The molecular formula is C15H17F4N3O2. The van der Waals surface area contributed by atoms with E-state index in [-0.39, 0.29) is 17.1 Å². The topological polar surface area (TPSA) is 53.6 Å². The summed E-state index contributed by atoms with van der Waals surface area (Å²) in [5, 5.41) is 5.76. The van der Waals surface area contributed by atoms with Crippen molar-refractivity contribution >= 4 is 11.7 Å². The Morgan fingerprint density at radius 1 is 1.25 bits per heavy atom. The maximum Gasteiger partial charge on any atom is 0.573 e. The number of carbonyl (C=O) groups excluding carboxylic acids is 1. The number of hydrogen-bond acceptors (Lipinski definition) is 3. The zero-order valence-corrected chi connectivity index (χ0v) is 12.8. The first kappa shape index (κ1) is 16.8. The Hall–Kier alpha value is -2.03. The molecule has 1 spiro atoms. The van der Waals surface area contributed by atoms with Gasteiger partial charge in [0.05, 0.1) is 0 Å². The van der Waals surface area contributed by atoms with Crippen LogP contribution >= 0.6 is 0 Å². The Morgan fingerprint density at radius 3 is 2.50 bits per heavy atom. The van der Waals surface area contributed by atoms with E-state index in [1.165, 1.54) is 6.07 Å². The Kier molecular flexibility index (Phi) is 4.29. The molecule has 2 fully saturated rings. The molecule has 0 aromatic heterocycles. The fraction of sp³-hybridized carbons (Fsp3) is 0.533. The van der Waals surface area contributed by atoms with E-state index in [2.05, 4.69) is 15.4 Å². The fourth-order valence-corrected chi connectivity index (χ4v) is 3.17. The van der Waals surface area contributed by atoms with Crippen LogP contribution in [-0.4, -0.2) is 43.5 Å². The highest BCUT2D eigenvalue weighted by molar-refractivity contribution is 5.90. The molecule has 0 bridgehead atoms. The zero-order chi connectivity index (χ0) is 17.4. The number of nitrogens with one attached hydrogen (secondary N) is 2. The molecule has 3 rings (SSSR count). The lowest BCUT2D eigenvalue weighted by atomic mass is 9.72. The average Bonchev–Trinajstić information content (AvgIpc) is 2.47. The van der Waals surface area contributed by atoms with Gasteiger partial charge in [-0.15, -0.1) is 13.2 Å². The number of halogens is 4. The molecular weight excluding hydrogens is 330 g/mol. The van der Waals surface area contributed by atoms with Crippen molar-refractivity contribution in [1.82, 2.24) is 10.2 Å². The number of benzene rings is 1. The fourth-order valence-electron chi connectivity index (χ4n) is 3.17. The van der Waals surface area contributed by atoms with Gasteiger partial charge >= 0.3 is 12.4 Å². The average molecular weight is 347 g/mol. The summed E-state index contributed by atoms with van der Waals surface area (Å²) in [4.78, 5) is 13.7. The molecule has 0 radical (unpaired) electrons. The number of carbonyl (C=O) groups is 1. The number of amides is 2. The van der Waals surface area contributed by atoms with Gasteiger partial charge in [0.2, 0.25) is 0 Å². The van der Waals surface area contributed by atoms with E-state index < -0.39 is 17.9 Å². The largest absolute Gasteiger partial charge is 0.573 e. The minimum absolute atomic E-state index is 0.0817. The molecule has 2 aliphatic rings. The molecule has 1 aromatic carbocycles. The van der Waals surface area contributed by atoms with Crippen LogP contribution in [0, 0.1) is 11.2 Å². The lowest BCUT2D eigenvalue weighted by Crippen LogP contribution is -2.62. The van der Waals surface area contributed by atoms with Crippen molar-refractivity contribution in [2.24, 2.45) is 5.41 Å². The van der Waals surface area contributed by atoms with Gasteiger partial charge in [-0.3, -0.25) is 0 Å². The molecule has 2 N–H and O–H groups in total. The summed E-state index contributed by atoms with van der Waals surface area (Å²) in [6, 6.07) is 2.42. The summed E-state index contributed by atoms with van der Waals surface area (Å²) < 4.78 is 53.4. The van der Waals surface area contributed by atoms with Crippen molar-refractivity contribution in [2.45, 2.75) is 19.2 Å². The number of nitrogens with zero attached hydrogens (tertiary/aromatic N) is 1. The molecule has 2 aliphatic heterocycles. The van der Waals surface area contributed by atoms with E-state index in [9.17, 15) is 22.4 Å². The zero-order valence-electron chi connectivity index (χ0n) is 12.8. The Morgan fingerprint density at radius 2 is 1.92 bits per heavy atom. The van der Waals surface area contributed by atoms with Gasteiger partial charge in [0.25, 0.3) is 0 Å². The van der Waals surface area contributed by atoms with Gasteiger partial charge in [-0.05, 0) is 38.1 Å². The van der Waals surface area contributed by atoms with Gasteiger partial charge in [-0.2, -0.15) is 0 Å². The van der Waals surface area contributed by atoms with Crippen LogP contribution in [0.4, 0.5) is 28.0 Å². The maximum atomic E-state index is 13.6. The molecule has 24 heavy (non-hydrogen) atoms. The number of ether oxygens (including phenoxy) is 1. The number of anilines is 1. The van der Waals surface area contributed by atoms with Gasteiger partial charge < -0.3 is 20.3 Å². The van der Waals surface area contributed by atoms with Gasteiger partial charge in [-0.1, -0.05) is 0 Å². The van der Waals surface area contributed by atoms with Crippen LogP contribution in [0.15, 0.2) is 18.2 Å². The Balaban J connectivity index is 1.56. The van der Waals surface area contributed by atoms with E-state index in [0.717, 1.165) is 38.1 Å². The van der Waals surface area contributed by atoms with Crippen molar-refractivity contribution in [3.8, 4) is 5.75 Å². The van der Waals surface area contributed by atoms with Crippen molar-refractivity contribution in [3.63, 3.8) is 0 Å². The quantitative estimate of drug-likeness (QED) is 0.809. The maximum absolute atomic E-state index is 13.6. The lowest BCUT2D eigenvalue weighted by Gasteiger charge is -2.52. The number of likely N-dealkylation sites (tertiary alicyclic amines) is 1. The van der Waals surface area contributed by atoms with Crippen LogP contribution in [0.2, 0.25) is 0 Å². The van der Waals surface area contributed by atoms with Crippen molar-refractivity contribution < 1.29 is 27.1 Å². The van der Waals surface area contributed by atoms with E-state index in [1.807, 2.05) is 0 Å². The highest BCUT2D eigenvalue weighted by atomic mass is 19.4. The number of urea groups is 1. The van der Waals surface area contributed by atoms with Crippen LogP contribution in [0.25, 0.3) is 0 Å². The summed E-state index contributed by atoms with van der Waals surface area (Å²) >= 11 is 0. The summed E-state index contributed by atoms with van der Waals surface area (Å²) in [7, 11) is 0. The molecule has 0 saturated carbocycles. The molecule has 0 unspecified atom stereocenters. The highest BCUT2D eigenvalue weighted by Crippen LogP contribution is 2.38. The molecule has 9 heteroatoms. The minimum atomic E-state index is -4.97. The molecule has 0 aliphatic carbocycles. The molecule has 2 saturated heterocycles. The van der Waals surface area contributed by atoms with Crippen LogP contribution in [0.5, 0.6) is 5.75 Å². The van der Waals surface area contributed by atoms with E-state index in [0.29, 0.717) is 13.1 Å². The van der Waals surface area contributed by atoms with E-state index >= 15 is 0 Å². The lowest BCUT2D eigenvalue weighted by molar-refractivity contribution is -0.275. The van der Waals surface area contributed by atoms with Gasteiger partial charge in [0.1, 0.15) is 0 Å². The second-order valence-electron chi connectivity index (χ2n) is 6.23. The van der Waals surface area contributed by atoms with Gasteiger partial charge in [-0.25, -0.2) is 9.18 Å². The SMILES string of the molecule is O=C(Nc1ccc(OC(F)(F)F)c(F)c1)N1CC2(CCNCC2)C1. The molecule has 1 aromatic rings. The Labute approximate surface area is 136 Å². The molecule has 0 atom stereocenters. The third kappa shape index (κ3) is 3.72. The van der Waals surface area contributed by atoms with Crippen molar-refractivity contribution in [1.29, 1.82) is 0 Å². The Bertz CT molecular complexity index is 622. The first-order chi connectivity index (χ1) is 11.3. The second-order valence-corrected chi connectivity index (χ2v) is 6.23. The number of rotatable bonds is 2. The van der Waals surface area contributed by atoms with Crippen LogP contribution in [-0.2, 0) is 0 Å². The summed E-state index contributed by atoms with van der Waals surface area (Å²) in [6.07, 6.45) is -2.95.